The fourth-order valence-electron chi connectivity index (χ4n) is 2.89. The number of fused-ring (bicyclic) bond motifs is 1. The van der Waals surface area contributed by atoms with Gasteiger partial charge in [0.15, 0.2) is 0 Å². The van der Waals surface area contributed by atoms with Crippen molar-refractivity contribution >= 4 is 5.69 Å². The van der Waals surface area contributed by atoms with Gasteiger partial charge in [0.25, 0.3) is 0 Å². The quantitative estimate of drug-likeness (QED) is 0.809. The Hall–Kier alpha value is -2.82. The lowest BCUT2D eigenvalue weighted by Gasteiger charge is -2.15. The lowest BCUT2D eigenvalue weighted by atomic mass is 9.86. The highest BCUT2D eigenvalue weighted by molar-refractivity contribution is 5.85. The Morgan fingerprint density at radius 3 is 2.43 bits per heavy atom. The van der Waals surface area contributed by atoms with E-state index >= 15 is 0 Å². The molecule has 1 heterocycles. The molecule has 1 unspecified atom stereocenters. The molecule has 4 heteroatoms. The minimum absolute atomic E-state index is 0.188. The number of nitrogen functional groups attached to an aromatic ring is 1. The number of benzene rings is 2. The van der Waals surface area contributed by atoms with E-state index in [1.54, 1.807) is 0 Å². The first-order valence-corrected chi connectivity index (χ1v) is 6.64. The zero-order valence-corrected chi connectivity index (χ0v) is 11.6. The van der Waals surface area contributed by atoms with Crippen molar-refractivity contribution in [2.24, 2.45) is 0 Å². The molecule has 2 aromatic rings. The number of nitriles is 2. The van der Waals surface area contributed by atoms with E-state index in [9.17, 15) is 10.5 Å². The van der Waals surface area contributed by atoms with Crippen LogP contribution in [-0.4, -0.2) is 0 Å². The molecule has 0 aliphatic carbocycles. The van der Waals surface area contributed by atoms with Crippen LogP contribution in [0, 0.1) is 22.7 Å². The maximum Gasteiger partial charge on any atom is 0.102 e. The minimum Gasteiger partial charge on any atom is -0.397 e. The van der Waals surface area contributed by atoms with E-state index in [0.29, 0.717) is 17.7 Å². The fourth-order valence-corrected chi connectivity index (χ4v) is 2.89. The first-order chi connectivity index (χ1) is 10.2. The van der Waals surface area contributed by atoms with Crippen molar-refractivity contribution < 1.29 is 4.74 Å². The minimum atomic E-state index is -0.188. The molecular weight excluding hydrogens is 262 g/mol. The fraction of sp³-hybridized carbons (Fsp3) is 0.176. The van der Waals surface area contributed by atoms with Crippen LogP contribution in [-0.2, 0) is 11.3 Å². The largest absolute Gasteiger partial charge is 0.397 e. The smallest absolute Gasteiger partial charge is 0.102 e. The molecule has 3 rings (SSSR count). The number of hydrogen-bond donors (Lipinski definition) is 1. The van der Waals surface area contributed by atoms with Crippen LogP contribution < -0.4 is 5.73 Å². The lowest BCUT2D eigenvalue weighted by Crippen LogP contribution is -2.05. The second-order valence-corrected chi connectivity index (χ2v) is 4.97. The van der Waals surface area contributed by atoms with Gasteiger partial charge in [-0.3, -0.25) is 0 Å². The molecule has 0 fully saturated rings. The van der Waals surface area contributed by atoms with Gasteiger partial charge in [-0.2, -0.15) is 10.5 Å². The summed E-state index contributed by atoms with van der Waals surface area (Å²) in [6, 6.07) is 13.9. The van der Waals surface area contributed by atoms with Gasteiger partial charge in [-0.1, -0.05) is 30.3 Å². The van der Waals surface area contributed by atoms with Crippen LogP contribution in [0.4, 0.5) is 5.69 Å². The molecule has 2 aromatic carbocycles. The Morgan fingerprint density at radius 2 is 1.81 bits per heavy atom. The van der Waals surface area contributed by atoms with Crippen LogP contribution in [0.3, 0.4) is 0 Å². The first kappa shape index (κ1) is 13.2. The van der Waals surface area contributed by atoms with E-state index in [-0.39, 0.29) is 11.8 Å². The van der Waals surface area contributed by atoms with Crippen LogP contribution in [0.15, 0.2) is 30.3 Å². The molecule has 0 amide bonds. The Morgan fingerprint density at radius 1 is 1.14 bits per heavy atom. The molecular formula is C17H13N3O. The number of rotatable bonds is 1. The Bertz CT molecular complexity index is 798. The summed E-state index contributed by atoms with van der Waals surface area (Å²) in [6.07, 6.45) is -0.188. The van der Waals surface area contributed by atoms with Gasteiger partial charge >= 0.3 is 0 Å². The molecule has 2 N–H and O–H groups in total. The molecule has 1 atom stereocenters. The predicted molar refractivity (Wildman–Crippen MR) is 78.9 cm³/mol. The average molecular weight is 275 g/mol. The van der Waals surface area contributed by atoms with Crippen molar-refractivity contribution in [3.8, 4) is 23.3 Å². The van der Waals surface area contributed by atoms with Crippen molar-refractivity contribution in [1.29, 1.82) is 10.5 Å². The third-order valence-corrected chi connectivity index (χ3v) is 3.86. The number of anilines is 1. The second kappa shape index (κ2) is 4.94. The SMILES string of the molecule is CC1OCc2c(-c3ccccc3)c(C#N)c(N)c(C#N)c21. The maximum atomic E-state index is 9.50. The zero-order valence-electron chi connectivity index (χ0n) is 11.6. The number of nitrogens with two attached hydrogens (primary N) is 1. The summed E-state index contributed by atoms with van der Waals surface area (Å²) in [5.74, 6) is 0. The van der Waals surface area contributed by atoms with Gasteiger partial charge in [-0.05, 0) is 18.1 Å². The summed E-state index contributed by atoms with van der Waals surface area (Å²) < 4.78 is 5.67. The van der Waals surface area contributed by atoms with Gasteiger partial charge in [0.2, 0.25) is 0 Å². The normalized spacial score (nSPS) is 16.0. The van der Waals surface area contributed by atoms with Gasteiger partial charge in [0.1, 0.15) is 12.1 Å². The van der Waals surface area contributed by atoms with E-state index in [2.05, 4.69) is 12.1 Å². The van der Waals surface area contributed by atoms with E-state index in [0.717, 1.165) is 22.3 Å². The van der Waals surface area contributed by atoms with Crippen molar-refractivity contribution in [3.05, 3.63) is 52.6 Å². The van der Waals surface area contributed by atoms with Gasteiger partial charge in [0, 0.05) is 11.1 Å². The van der Waals surface area contributed by atoms with Crippen LogP contribution in [0.1, 0.15) is 35.3 Å². The standard InChI is InChI=1S/C17H13N3O/c1-10-15-12(7-18)17(20)13(8-19)16(14(15)9-21-10)11-5-3-2-4-6-11/h2-6,10H,9,20H2,1H3. The highest BCUT2D eigenvalue weighted by Crippen LogP contribution is 2.44. The van der Waals surface area contributed by atoms with Crippen molar-refractivity contribution in [2.75, 3.05) is 5.73 Å². The Kier molecular flexibility index (Phi) is 3.10. The zero-order chi connectivity index (χ0) is 15.0. The first-order valence-electron chi connectivity index (χ1n) is 6.64. The summed E-state index contributed by atoms with van der Waals surface area (Å²) >= 11 is 0. The molecule has 0 aromatic heterocycles. The van der Waals surface area contributed by atoms with Gasteiger partial charge in [0.05, 0.1) is 29.5 Å². The number of hydrogen-bond acceptors (Lipinski definition) is 4. The molecule has 1 aliphatic heterocycles. The average Bonchev–Trinajstić information content (AvgIpc) is 2.89. The number of nitrogens with zero attached hydrogens (tertiary/aromatic N) is 2. The molecule has 0 bridgehead atoms. The molecule has 0 saturated heterocycles. The van der Waals surface area contributed by atoms with Crippen molar-refractivity contribution in [1.82, 2.24) is 0 Å². The topological polar surface area (TPSA) is 82.8 Å². The van der Waals surface area contributed by atoms with Crippen LogP contribution in [0.25, 0.3) is 11.1 Å². The number of ether oxygens (including phenoxy) is 1. The van der Waals surface area contributed by atoms with Crippen LogP contribution in [0.5, 0.6) is 0 Å². The molecule has 21 heavy (non-hydrogen) atoms. The summed E-state index contributed by atoms with van der Waals surface area (Å²) in [4.78, 5) is 0. The highest BCUT2D eigenvalue weighted by atomic mass is 16.5. The molecule has 0 radical (unpaired) electrons. The highest BCUT2D eigenvalue weighted by Gasteiger charge is 2.30. The van der Waals surface area contributed by atoms with Crippen LogP contribution >= 0.6 is 0 Å². The molecule has 0 saturated carbocycles. The van der Waals surface area contributed by atoms with E-state index in [1.165, 1.54) is 0 Å². The summed E-state index contributed by atoms with van der Waals surface area (Å²) in [5.41, 5.74) is 10.5. The molecule has 4 nitrogen and oxygen atoms in total. The van der Waals surface area contributed by atoms with Crippen LogP contribution in [0.2, 0.25) is 0 Å². The van der Waals surface area contributed by atoms with E-state index in [1.807, 2.05) is 37.3 Å². The lowest BCUT2D eigenvalue weighted by molar-refractivity contribution is 0.0796. The Labute approximate surface area is 123 Å². The predicted octanol–water partition coefficient (Wildman–Crippen LogP) is 3.27. The van der Waals surface area contributed by atoms with Gasteiger partial charge in [-0.25, -0.2) is 0 Å². The molecule has 0 spiro atoms. The Balaban J connectivity index is 2.44. The summed E-state index contributed by atoms with van der Waals surface area (Å²) in [7, 11) is 0. The van der Waals surface area contributed by atoms with E-state index < -0.39 is 0 Å². The van der Waals surface area contributed by atoms with Crippen molar-refractivity contribution in [3.63, 3.8) is 0 Å². The maximum absolute atomic E-state index is 9.50. The third kappa shape index (κ3) is 1.86. The van der Waals surface area contributed by atoms with Gasteiger partial charge < -0.3 is 10.5 Å². The summed E-state index contributed by atoms with van der Waals surface area (Å²) in [6.45, 7) is 2.29. The van der Waals surface area contributed by atoms with E-state index in [4.69, 9.17) is 10.5 Å². The molecule has 1 aliphatic rings. The monoisotopic (exact) mass is 275 g/mol. The summed E-state index contributed by atoms with van der Waals surface area (Å²) in [5, 5.41) is 18.9. The van der Waals surface area contributed by atoms with Crippen molar-refractivity contribution in [2.45, 2.75) is 19.6 Å². The third-order valence-electron chi connectivity index (χ3n) is 3.86. The molecule has 102 valence electrons. The van der Waals surface area contributed by atoms with Gasteiger partial charge in [-0.15, -0.1) is 0 Å². The second-order valence-electron chi connectivity index (χ2n) is 4.97.